The molecule has 2 rings (SSSR count). The first-order valence-electron chi connectivity index (χ1n) is 6.79. The predicted molar refractivity (Wildman–Crippen MR) is 81.0 cm³/mol. The van der Waals surface area contributed by atoms with Gasteiger partial charge in [0.2, 0.25) is 0 Å². The zero-order chi connectivity index (χ0) is 15.2. The SMILES string of the molecule is CN(C)CCc1c(C#N)c(=O)ncn1Cc1ccccc1. The highest BCUT2D eigenvalue weighted by atomic mass is 16.1. The minimum Gasteiger partial charge on any atom is -0.330 e. The van der Waals surface area contributed by atoms with E-state index in [-0.39, 0.29) is 5.56 Å². The zero-order valence-electron chi connectivity index (χ0n) is 12.3. The summed E-state index contributed by atoms with van der Waals surface area (Å²) in [4.78, 5) is 17.6. The number of aromatic nitrogens is 2. The normalized spacial score (nSPS) is 10.6. The van der Waals surface area contributed by atoms with Gasteiger partial charge in [0.05, 0.1) is 6.33 Å². The lowest BCUT2D eigenvalue weighted by Crippen LogP contribution is -2.24. The van der Waals surface area contributed by atoms with Gasteiger partial charge in [0.1, 0.15) is 11.6 Å². The van der Waals surface area contributed by atoms with E-state index < -0.39 is 5.56 Å². The van der Waals surface area contributed by atoms with E-state index in [4.69, 9.17) is 0 Å². The number of likely N-dealkylation sites (N-methyl/N-ethyl adjacent to an activating group) is 1. The van der Waals surface area contributed by atoms with Crippen molar-refractivity contribution in [3.8, 4) is 6.07 Å². The molecule has 1 aromatic carbocycles. The maximum atomic E-state index is 11.8. The second-order valence-electron chi connectivity index (χ2n) is 5.15. The van der Waals surface area contributed by atoms with Gasteiger partial charge in [-0.3, -0.25) is 4.79 Å². The van der Waals surface area contributed by atoms with E-state index >= 15 is 0 Å². The Hall–Kier alpha value is -2.45. The Morgan fingerprint density at radius 1 is 1.29 bits per heavy atom. The number of hydrogen-bond acceptors (Lipinski definition) is 4. The van der Waals surface area contributed by atoms with Crippen LogP contribution in [-0.2, 0) is 13.0 Å². The Labute approximate surface area is 124 Å². The van der Waals surface area contributed by atoms with Gasteiger partial charge in [0.15, 0.2) is 0 Å². The van der Waals surface area contributed by atoms with Crippen molar-refractivity contribution in [2.45, 2.75) is 13.0 Å². The Morgan fingerprint density at radius 3 is 2.62 bits per heavy atom. The predicted octanol–water partition coefficient (Wildman–Crippen LogP) is 1.27. The third-order valence-electron chi connectivity index (χ3n) is 3.27. The average Bonchev–Trinajstić information content (AvgIpc) is 2.48. The summed E-state index contributed by atoms with van der Waals surface area (Å²) in [5, 5.41) is 9.24. The number of rotatable bonds is 5. The summed E-state index contributed by atoms with van der Waals surface area (Å²) < 4.78 is 1.89. The van der Waals surface area contributed by atoms with Crippen LogP contribution in [0.3, 0.4) is 0 Å². The third-order valence-corrected chi connectivity index (χ3v) is 3.27. The molecule has 108 valence electrons. The fourth-order valence-corrected chi connectivity index (χ4v) is 2.15. The molecule has 0 unspecified atom stereocenters. The Kier molecular flexibility index (Phi) is 4.85. The van der Waals surface area contributed by atoms with Crippen molar-refractivity contribution in [3.63, 3.8) is 0 Å². The summed E-state index contributed by atoms with van der Waals surface area (Å²) >= 11 is 0. The van der Waals surface area contributed by atoms with Crippen molar-refractivity contribution in [1.82, 2.24) is 14.5 Å². The summed E-state index contributed by atoms with van der Waals surface area (Å²) in [6.45, 7) is 1.37. The van der Waals surface area contributed by atoms with Crippen LogP contribution in [0.25, 0.3) is 0 Å². The second kappa shape index (κ2) is 6.82. The molecule has 1 aromatic heterocycles. The lowest BCUT2D eigenvalue weighted by molar-refractivity contribution is 0.407. The summed E-state index contributed by atoms with van der Waals surface area (Å²) in [6.07, 6.45) is 2.17. The van der Waals surface area contributed by atoms with E-state index in [1.807, 2.05) is 60.0 Å². The van der Waals surface area contributed by atoms with Gasteiger partial charge in [-0.05, 0) is 19.7 Å². The van der Waals surface area contributed by atoms with E-state index in [0.717, 1.165) is 17.8 Å². The lowest BCUT2D eigenvalue weighted by Gasteiger charge is -2.16. The monoisotopic (exact) mass is 282 g/mol. The van der Waals surface area contributed by atoms with Gasteiger partial charge >= 0.3 is 0 Å². The van der Waals surface area contributed by atoms with Crippen LogP contribution in [0.5, 0.6) is 0 Å². The maximum absolute atomic E-state index is 11.8. The van der Waals surface area contributed by atoms with E-state index in [1.165, 1.54) is 6.33 Å². The number of nitriles is 1. The summed E-state index contributed by atoms with van der Waals surface area (Å²) in [5.41, 5.74) is 1.55. The van der Waals surface area contributed by atoms with E-state index in [2.05, 4.69) is 4.98 Å². The molecule has 1 heterocycles. The van der Waals surface area contributed by atoms with Crippen LogP contribution in [0, 0.1) is 11.3 Å². The number of hydrogen-bond donors (Lipinski definition) is 0. The fraction of sp³-hybridized carbons (Fsp3) is 0.312. The van der Waals surface area contributed by atoms with E-state index in [1.54, 1.807) is 0 Å². The minimum atomic E-state index is -0.449. The molecule has 0 N–H and O–H groups in total. The van der Waals surface area contributed by atoms with Crippen molar-refractivity contribution in [2.75, 3.05) is 20.6 Å². The zero-order valence-corrected chi connectivity index (χ0v) is 12.3. The lowest BCUT2D eigenvalue weighted by atomic mass is 10.1. The third kappa shape index (κ3) is 3.77. The van der Waals surface area contributed by atoms with E-state index in [9.17, 15) is 10.1 Å². The first-order valence-corrected chi connectivity index (χ1v) is 6.79. The smallest absolute Gasteiger partial charge is 0.290 e. The molecule has 0 amide bonds. The van der Waals surface area contributed by atoms with Crippen LogP contribution in [-0.4, -0.2) is 35.1 Å². The molecule has 5 nitrogen and oxygen atoms in total. The van der Waals surface area contributed by atoms with E-state index in [0.29, 0.717) is 13.0 Å². The molecule has 5 heteroatoms. The Morgan fingerprint density at radius 2 is 2.00 bits per heavy atom. The summed E-state index contributed by atoms with van der Waals surface area (Å²) in [6, 6.07) is 11.9. The second-order valence-corrected chi connectivity index (χ2v) is 5.15. The van der Waals surface area contributed by atoms with Crippen LogP contribution >= 0.6 is 0 Å². The molecule has 0 saturated carbocycles. The molecule has 0 radical (unpaired) electrons. The highest BCUT2D eigenvalue weighted by Crippen LogP contribution is 2.09. The highest BCUT2D eigenvalue weighted by molar-refractivity contribution is 5.32. The summed E-state index contributed by atoms with van der Waals surface area (Å²) in [5.74, 6) is 0. The van der Waals surface area contributed by atoms with Crippen molar-refractivity contribution in [3.05, 3.63) is 63.8 Å². The fourth-order valence-electron chi connectivity index (χ4n) is 2.15. The topological polar surface area (TPSA) is 61.9 Å². The van der Waals surface area contributed by atoms with Crippen LogP contribution in [0.4, 0.5) is 0 Å². The van der Waals surface area contributed by atoms with Crippen LogP contribution in [0.15, 0.2) is 41.5 Å². The quantitative estimate of drug-likeness (QED) is 0.828. The Balaban J connectivity index is 2.40. The minimum absolute atomic E-state index is 0.148. The van der Waals surface area contributed by atoms with Gasteiger partial charge in [-0.2, -0.15) is 10.2 Å². The van der Waals surface area contributed by atoms with Gasteiger partial charge < -0.3 is 9.47 Å². The highest BCUT2D eigenvalue weighted by Gasteiger charge is 2.12. The standard InChI is InChI=1S/C16H18N4O/c1-19(2)9-8-15-14(10-17)16(21)18-12-20(15)11-13-6-4-3-5-7-13/h3-7,12H,8-9,11H2,1-2H3. The maximum Gasteiger partial charge on any atom is 0.290 e. The first-order chi connectivity index (χ1) is 10.1. The van der Waals surface area contributed by atoms with Gasteiger partial charge in [-0.1, -0.05) is 30.3 Å². The van der Waals surface area contributed by atoms with Crippen molar-refractivity contribution < 1.29 is 0 Å². The van der Waals surface area contributed by atoms with Gasteiger partial charge in [-0.25, -0.2) is 0 Å². The van der Waals surface area contributed by atoms with Crippen molar-refractivity contribution >= 4 is 0 Å². The molecule has 0 aliphatic carbocycles. The van der Waals surface area contributed by atoms with Gasteiger partial charge in [0, 0.05) is 25.2 Å². The molecule has 0 saturated heterocycles. The number of benzene rings is 1. The van der Waals surface area contributed by atoms with Crippen LogP contribution in [0.2, 0.25) is 0 Å². The molecule has 0 bridgehead atoms. The molecular weight excluding hydrogens is 264 g/mol. The molecule has 0 fully saturated rings. The molecule has 0 atom stereocenters. The van der Waals surface area contributed by atoms with Gasteiger partial charge in [0.25, 0.3) is 5.56 Å². The molecule has 0 aliphatic rings. The molecule has 2 aromatic rings. The van der Waals surface area contributed by atoms with Crippen LogP contribution in [0.1, 0.15) is 16.8 Å². The molecule has 0 spiro atoms. The Bertz CT molecular complexity index is 698. The first kappa shape index (κ1) is 14.9. The van der Waals surface area contributed by atoms with Crippen molar-refractivity contribution in [2.24, 2.45) is 0 Å². The van der Waals surface area contributed by atoms with Gasteiger partial charge in [-0.15, -0.1) is 0 Å². The molecular formula is C16H18N4O. The molecule has 0 aliphatic heterocycles. The van der Waals surface area contributed by atoms with Crippen molar-refractivity contribution in [1.29, 1.82) is 5.26 Å². The average molecular weight is 282 g/mol. The largest absolute Gasteiger partial charge is 0.330 e. The summed E-state index contributed by atoms with van der Waals surface area (Å²) in [7, 11) is 3.93. The number of nitrogens with zero attached hydrogens (tertiary/aromatic N) is 4. The van der Waals surface area contributed by atoms with Crippen LogP contribution < -0.4 is 5.56 Å². The molecule has 21 heavy (non-hydrogen) atoms.